The molecule has 2 amide bonds. The Bertz CT molecular complexity index is 136. The van der Waals surface area contributed by atoms with E-state index in [4.69, 9.17) is 5.26 Å². The van der Waals surface area contributed by atoms with Crippen molar-refractivity contribution in [3.8, 4) is 6.07 Å². The molecule has 0 radical (unpaired) electrons. The Morgan fingerprint density at radius 3 is 2.67 bits per heavy atom. The van der Waals surface area contributed by atoms with Crippen LogP contribution in [0.25, 0.3) is 0 Å². The molecule has 1 N–H and O–H groups in total. The molecule has 0 saturated carbocycles. The topological polar surface area (TPSA) is 56.1 Å². The van der Waals surface area contributed by atoms with E-state index in [-0.39, 0.29) is 12.6 Å². The van der Waals surface area contributed by atoms with Crippen molar-refractivity contribution in [1.82, 2.24) is 10.2 Å². The van der Waals surface area contributed by atoms with Crippen LogP contribution in [-0.4, -0.2) is 31.6 Å². The molecule has 0 aromatic heterocycles. The van der Waals surface area contributed by atoms with Crippen LogP contribution in [0, 0.1) is 11.3 Å². The van der Waals surface area contributed by atoms with Gasteiger partial charge >= 0.3 is 6.03 Å². The quantitative estimate of drug-likeness (QED) is 0.495. The van der Waals surface area contributed by atoms with Crippen LogP contribution in [0.2, 0.25) is 0 Å². The van der Waals surface area contributed by atoms with Crippen LogP contribution in [0.3, 0.4) is 0 Å². The van der Waals surface area contributed by atoms with Gasteiger partial charge in [0.25, 0.3) is 0 Å². The first kappa shape index (κ1) is 7.76. The van der Waals surface area contributed by atoms with E-state index >= 15 is 0 Å². The number of amides is 2. The van der Waals surface area contributed by atoms with Crippen molar-refractivity contribution >= 4 is 6.03 Å². The summed E-state index contributed by atoms with van der Waals surface area (Å²) in [6.45, 7) is 0.0665. The third kappa shape index (κ3) is 3.35. The van der Waals surface area contributed by atoms with Crippen molar-refractivity contribution in [2.75, 3.05) is 20.6 Å². The van der Waals surface area contributed by atoms with Gasteiger partial charge in [0.1, 0.15) is 6.54 Å². The number of rotatable bonds is 1. The first-order valence-corrected chi connectivity index (χ1v) is 2.50. The number of carbonyl (C=O) groups excluding carboxylic acids is 1. The van der Waals surface area contributed by atoms with Gasteiger partial charge in [-0.3, -0.25) is 0 Å². The fourth-order valence-electron chi connectivity index (χ4n) is 0.273. The van der Waals surface area contributed by atoms with Gasteiger partial charge < -0.3 is 10.2 Å². The van der Waals surface area contributed by atoms with Crippen molar-refractivity contribution in [1.29, 1.82) is 5.26 Å². The SMILES string of the molecule is CN(C)C(=O)NCC#N. The maximum atomic E-state index is 10.6. The molecule has 0 unspecified atom stereocenters. The van der Waals surface area contributed by atoms with E-state index in [0.29, 0.717) is 0 Å². The number of hydrogen-bond donors (Lipinski definition) is 1. The zero-order chi connectivity index (χ0) is 7.28. The summed E-state index contributed by atoms with van der Waals surface area (Å²) in [4.78, 5) is 11.9. The highest BCUT2D eigenvalue weighted by Gasteiger charge is 1.98. The highest BCUT2D eigenvalue weighted by Crippen LogP contribution is 1.73. The van der Waals surface area contributed by atoms with Gasteiger partial charge in [-0.2, -0.15) is 5.26 Å². The highest BCUT2D eigenvalue weighted by molar-refractivity contribution is 5.73. The van der Waals surface area contributed by atoms with Crippen molar-refractivity contribution in [2.24, 2.45) is 0 Å². The normalized spacial score (nSPS) is 7.67. The van der Waals surface area contributed by atoms with Crippen LogP contribution in [0.15, 0.2) is 0 Å². The molecule has 0 saturated heterocycles. The molecule has 0 spiro atoms. The van der Waals surface area contributed by atoms with Crippen molar-refractivity contribution in [3.63, 3.8) is 0 Å². The third-order valence-corrected chi connectivity index (χ3v) is 0.725. The molecule has 4 nitrogen and oxygen atoms in total. The smallest absolute Gasteiger partial charge is 0.317 e. The van der Waals surface area contributed by atoms with Crippen LogP contribution in [-0.2, 0) is 0 Å². The van der Waals surface area contributed by atoms with Crippen LogP contribution in [0.1, 0.15) is 0 Å². The van der Waals surface area contributed by atoms with E-state index in [1.54, 1.807) is 20.2 Å². The molecule has 0 atom stereocenters. The Balaban J connectivity index is 3.42. The monoisotopic (exact) mass is 127 g/mol. The zero-order valence-electron chi connectivity index (χ0n) is 5.51. The predicted octanol–water partition coefficient (Wildman–Crippen LogP) is -0.219. The van der Waals surface area contributed by atoms with Crippen molar-refractivity contribution in [2.45, 2.75) is 0 Å². The lowest BCUT2D eigenvalue weighted by Crippen LogP contribution is -2.34. The van der Waals surface area contributed by atoms with E-state index in [0.717, 1.165) is 0 Å². The minimum Gasteiger partial charge on any atom is -0.331 e. The minimum atomic E-state index is -0.239. The molecule has 0 aromatic carbocycles. The molecule has 0 aliphatic rings. The lowest BCUT2D eigenvalue weighted by molar-refractivity contribution is 0.218. The number of urea groups is 1. The summed E-state index contributed by atoms with van der Waals surface area (Å²) in [5.74, 6) is 0. The summed E-state index contributed by atoms with van der Waals surface area (Å²) >= 11 is 0. The Labute approximate surface area is 54.1 Å². The Morgan fingerprint density at radius 1 is 1.78 bits per heavy atom. The second kappa shape index (κ2) is 3.72. The first-order valence-electron chi connectivity index (χ1n) is 2.50. The maximum absolute atomic E-state index is 10.6. The fourth-order valence-corrected chi connectivity index (χ4v) is 0.273. The van der Waals surface area contributed by atoms with Crippen LogP contribution in [0.4, 0.5) is 4.79 Å². The summed E-state index contributed by atoms with van der Waals surface area (Å²) < 4.78 is 0. The molecule has 0 fully saturated rings. The molecule has 0 bridgehead atoms. The number of nitrogens with one attached hydrogen (secondary N) is 1. The predicted molar refractivity (Wildman–Crippen MR) is 32.7 cm³/mol. The second-order valence-electron chi connectivity index (χ2n) is 1.71. The second-order valence-corrected chi connectivity index (χ2v) is 1.71. The Kier molecular flexibility index (Phi) is 3.21. The van der Waals surface area contributed by atoms with E-state index < -0.39 is 0 Å². The molecular weight excluding hydrogens is 118 g/mol. The van der Waals surface area contributed by atoms with E-state index in [2.05, 4.69) is 5.32 Å². The first-order chi connectivity index (χ1) is 4.18. The number of nitrogens with zero attached hydrogens (tertiary/aromatic N) is 2. The van der Waals surface area contributed by atoms with Crippen LogP contribution in [0.5, 0.6) is 0 Å². The van der Waals surface area contributed by atoms with Crippen molar-refractivity contribution in [3.05, 3.63) is 0 Å². The molecule has 50 valence electrons. The van der Waals surface area contributed by atoms with Crippen molar-refractivity contribution < 1.29 is 4.79 Å². The third-order valence-electron chi connectivity index (χ3n) is 0.725. The molecule has 4 heteroatoms. The van der Waals surface area contributed by atoms with Gasteiger partial charge in [-0.1, -0.05) is 0 Å². The van der Waals surface area contributed by atoms with Gasteiger partial charge in [-0.25, -0.2) is 4.79 Å². The Hall–Kier alpha value is -1.24. The van der Waals surface area contributed by atoms with Gasteiger partial charge in [0.05, 0.1) is 6.07 Å². The van der Waals surface area contributed by atoms with Gasteiger partial charge in [-0.15, -0.1) is 0 Å². The summed E-state index contributed by atoms with van der Waals surface area (Å²) in [7, 11) is 3.24. The lowest BCUT2D eigenvalue weighted by Gasteiger charge is -2.08. The van der Waals surface area contributed by atoms with Gasteiger partial charge in [0.15, 0.2) is 0 Å². The molecule has 0 rings (SSSR count). The summed E-state index contributed by atoms with van der Waals surface area (Å²) in [5.41, 5.74) is 0. The molecule has 0 aliphatic carbocycles. The lowest BCUT2D eigenvalue weighted by atomic mass is 10.7. The van der Waals surface area contributed by atoms with Crippen LogP contribution >= 0.6 is 0 Å². The van der Waals surface area contributed by atoms with E-state index in [1.807, 2.05) is 0 Å². The average molecular weight is 127 g/mol. The van der Waals surface area contributed by atoms with Gasteiger partial charge in [-0.05, 0) is 0 Å². The van der Waals surface area contributed by atoms with Crippen LogP contribution < -0.4 is 5.32 Å². The molecule has 0 aliphatic heterocycles. The van der Waals surface area contributed by atoms with E-state index in [9.17, 15) is 4.79 Å². The maximum Gasteiger partial charge on any atom is 0.317 e. The molecule has 0 heterocycles. The fraction of sp³-hybridized carbons (Fsp3) is 0.600. The number of carbonyl (C=O) groups is 1. The zero-order valence-corrected chi connectivity index (χ0v) is 5.51. The average Bonchev–Trinajstić information content (AvgIpc) is 1.82. The largest absolute Gasteiger partial charge is 0.331 e. The Morgan fingerprint density at radius 2 is 2.33 bits per heavy atom. The number of nitriles is 1. The highest BCUT2D eigenvalue weighted by atomic mass is 16.2. The summed E-state index contributed by atoms with van der Waals surface area (Å²) in [5, 5.41) is 10.4. The van der Waals surface area contributed by atoms with Gasteiger partial charge in [0, 0.05) is 14.1 Å². The molecule has 0 aromatic rings. The number of hydrogen-bond acceptors (Lipinski definition) is 2. The summed E-state index contributed by atoms with van der Waals surface area (Å²) in [6, 6.07) is 1.56. The minimum absolute atomic E-state index is 0.0665. The van der Waals surface area contributed by atoms with E-state index in [1.165, 1.54) is 4.90 Å². The standard InChI is InChI=1S/C5H9N3O/c1-8(2)5(9)7-4-3-6/h4H2,1-2H3,(H,7,9). The van der Waals surface area contributed by atoms with Gasteiger partial charge in [0.2, 0.25) is 0 Å². The molecular formula is C5H9N3O. The summed E-state index contributed by atoms with van der Waals surface area (Å²) in [6.07, 6.45) is 0. The molecule has 9 heavy (non-hydrogen) atoms.